The first kappa shape index (κ1) is 12.4. The van der Waals surface area contributed by atoms with E-state index in [4.69, 9.17) is 4.74 Å². The molecule has 4 heteroatoms. The summed E-state index contributed by atoms with van der Waals surface area (Å²) in [6.45, 7) is 2.11. The van der Waals surface area contributed by atoms with Crippen molar-refractivity contribution in [2.45, 2.75) is 11.7 Å². The lowest BCUT2D eigenvalue weighted by atomic mass is 10.1. The molecule has 16 heavy (non-hydrogen) atoms. The van der Waals surface area contributed by atoms with Crippen LogP contribution in [0.15, 0.2) is 28.5 Å². The first-order valence-corrected chi connectivity index (χ1v) is 7.94. The number of benzene rings is 1. The van der Waals surface area contributed by atoms with Gasteiger partial charge < -0.3 is 4.74 Å². The molecule has 0 aromatic heterocycles. The second kappa shape index (κ2) is 5.54. The first-order chi connectivity index (χ1) is 7.74. The molecule has 2 rings (SSSR count). The molecule has 0 amide bonds. The summed E-state index contributed by atoms with van der Waals surface area (Å²) in [5.74, 6) is 0. The van der Waals surface area contributed by atoms with Crippen LogP contribution in [0.5, 0.6) is 0 Å². The lowest BCUT2D eigenvalue weighted by Gasteiger charge is -2.05. The van der Waals surface area contributed by atoms with Gasteiger partial charge in [-0.15, -0.1) is 11.8 Å². The van der Waals surface area contributed by atoms with Crippen LogP contribution in [0.1, 0.15) is 11.1 Å². The lowest BCUT2D eigenvalue weighted by molar-refractivity contribution is 0.236. The molecule has 1 nitrogen and oxygen atoms in total. The Morgan fingerprint density at radius 3 is 2.44 bits per heavy atom. The fraction of sp³-hybridized carbons (Fsp3) is 0.333. The van der Waals surface area contributed by atoms with Crippen molar-refractivity contribution in [1.29, 1.82) is 0 Å². The van der Waals surface area contributed by atoms with E-state index in [1.165, 1.54) is 20.3 Å². The maximum Gasteiger partial charge on any atom is 0.158 e. The van der Waals surface area contributed by atoms with Gasteiger partial charge in [0.15, 0.2) is 4.77 Å². The molecule has 0 saturated carbocycles. The van der Waals surface area contributed by atoms with Crippen LogP contribution in [0.25, 0.3) is 4.91 Å². The normalized spacial score (nSPS) is 20.6. The van der Waals surface area contributed by atoms with E-state index < -0.39 is 0 Å². The fourth-order valence-electron chi connectivity index (χ4n) is 1.44. The number of thioether (sulfide) groups is 3. The Bertz CT molecular complexity index is 397. The maximum atomic E-state index is 5.39. The summed E-state index contributed by atoms with van der Waals surface area (Å²) in [7, 11) is 1.76. The number of hydrogen-bond acceptors (Lipinski definition) is 4. The van der Waals surface area contributed by atoms with Crippen LogP contribution in [-0.2, 0) is 4.74 Å². The zero-order valence-corrected chi connectivity index (χ0v) is 12.0. The Kier molecular flexibility index (Phi) is 4.30. The van der Waals surface area contributed by atoms with Gasteiger partial charge in [0.05, 0.1) is 4.24 Å². The average Bonchev–Trinajstić information content (AvgIpc) is 2.73. The standard InChI is InChI=1S/C12H14OS3/c1-8-4-6-9(7-5-8)10-11(14-3)16-12(13-2)15-10/h4-7,12H,1-3H3. The summed E-state index contributed by atoms with van der Waals surface area (Å²) in [4.78, 5) is 1.35. The Morgan fingerprint density at radius 2 is 1.88 bits per heavy atom. The zero-order chi connectivity index (χ0) is 11.5. The lowest BCUT2D eigenvalue weighted by Crippen LogP contribution is -1.93. The van der Waals surface area contributed by atoms with Crippen molar-refractivity contribution in [3.8, 4) is 0 Å². The average molecular weight is 270 g/mol. The van der Waals surface area contributed by atoms with Crippen LogP contribution in [0.2, 0.25) is 0 Å². The van der Waals surface area contributed by atoms with E-state index in [0.717, 1.165) is 0 Å². The molecule has 0 aliphatic carbocycles. The maximum absolute atomic E-state index is 5.39. The summed E-state index contributed by atoms with van der Waals surface area (Å²) in [6, 6.07) is 8.69. The molecule has 1 unspecified atom stereocenters. The van der Waals surface area contributed by atoms with Crippen LogP contribution < -0.4 is 0 Å². The van der Waals surface area contributed by atoms with Crippen LogP contribution in [0.4, 0.5) is 0 Å². The molecule has 1 aliphatic heterocycles. The molecule has 1 aromatic rings. The van der Waals surface area contributed by atoms with Crippen LogP contribution in [-0.4, -0.2) is 18.1 Å². The molecule has 0 spiro atoms. The number of rotatable bonds is 3. The largest absolute Gasteiger partial charge is 0.360 e. The van der Waals surface area contributed by atoms with Gasteiger partial charge in [0.1, 0.15) is 0 Å². The molecule has 1 aliphatic rings. The SMILES string of the molecule is COC1SC(SC)=C(c2ccc(C)cc2)S1. The van der Waals surface area contributed by atoms with Gasteiger partial charge in [0.25, 0.3) is 0 Å². The van der Waals surface area contributed by atoms with E-state index in [1.807, 2.05) is 0 Å². The van der Waals surface area contributed by atoms with Crippen molar-refractivity contribution < 1.29 is 4.74 Å². The quantitative estimate of drug-likeness (QED) is 0.805. The molecule has 1 aromatic carbocycles. The fourth-order valence-corrected chi connectivity index (χ4v) is 5.18. The number of ether oxygens (including phenoxy) is 1. The summed E-state index contributed by atoms with van der Waals surface area (Å²) in [5, 5.41) is 0. The molecule has 1 heterocycles. The van der Waals surface area contributed by atoms with Crippen molar-refractivity contribution in [3.05, 3.63) is 39.6 Å². The van der Waals surface area contributed by atoms with Crippen molar-refractivity contribution in [3.63, 3.8) is 0 Å². The zero-order valence-electron chi connectivity index (χ0n) is 9.52. The van der Waals surface area contributed by atoms with Gasteiger partial charge in [0, 0.05) is 12.0 Å². The Balaban J connectivity index is 2.28. The molecule has 0 saturated heterocycles. The van der Waals surface area contributed by atoms with Crippen molar-refractivity contribution >= 4 is 40.2 Å². The predicted octanol–water partition coefficient (Wildman–Crippen LogP) is 4.39. The molecular weight excluding hydrogens is 256 g/mol. The van der Waals surface area contributed by atoms with Gasteiger partial charge in [-0.05, 0) is 18.7 Å². The van der Waals surface area contributed by atoms with Gasteiger partial charge in [0.2, 0.25) is 0 Å². The summed E-state index contributed by atoms with van der Waals surface area (Å²) < 4.78 is 6.96. The number of hydrogen-bond donors (Lipinski definition) is 0. The van der Waals surface area contributed by atoms with Gasteiger partial charge in [-0.3, -0.25) is 0 Å². The van der Waals surface area contributed by atoms with Crippen LogP contribution >= 0.6 is 35.3 Å². The van der Waals surface area contributed by atoms with Crippen molar-refractivity contribution in [1.82, 2.24) is 0 Å². The molecule has 0 fully saturated rings. The smallest absolute Gasteiger partial charge is 0.158 e. The van der Waals surface area contributed by atoms with Crippen molar-refractivity contribution in [2.75, 3.05) is 13.4 Å². The first-order valence-electron chi connectivity index (χ1n) is 4.96. The predicted molar refractivity (Wildman–Crippen MR) is 77.6 cm³/mol. The number of aryl methyl sites for hydroxylation is 1. The Labute approximate surface area is 109 Å². The summed E-state index contributed by atoms with van der Waals surface area (Å²) in [6.07, 6.45) is 2.12. The van der Waals surface area contributed by atoms with Gasteiger partial charge >= 0.3 is 0 Å². The van der Waals surface area contributed by atoms with E-state index in [0.29, 0.717) is 0 Å². The van der Waals surface area contributed by atoms with E-state index in [2.05, 4.69) is 37.4 Å². The topological polar surface area (TPSA) is 9.23 Å². The highest BCUT2D eigenvalue weighted by Crippen LogP contribution is 2.54. The molecule has 1 atom stereocenters. The Morgan fingerprint density at radius 1 is 1.19 bits per heavy atom. The molecule has 86 valence electrons. The monoisotopic (exact) mass is 270 g/mol. The minimum absolute atomic E-state index is 0.207. The number of methoxy groups -OCH3 is 1. The second-order valence-electron chi connectivity index (χ2n) is 3.45. The third kappa shape index (κ3) is 2.62. The molecule has 0 radical (unpaired) electrons. The van der Waals surface area contributed by atoms with E-state index >= 15 is 0 Å². The van der Waals surface area contributed by atoms with E-state index in [1.54, 1.807) is 42.4 Å². The third-order valence-electron chi connectivity index (χ3n) is 2.29. The van der Waals surface area contributed by atoms with Crippen LogP contribution in [0.3, 0.4) is 0 Å². The summed E-state index contributed by atoms with van der Waals surface area (Å²) in [5.41, 5.74) is 2.60. The van der Waals surface area contributed by atoms with Gasteiger partial charge in [-0.1, -0.05) is 53.4 Å². The highest BCUT2D eigenvalue weighted by molar-refractivity contribution is 8.34. The van der Waals surface area contributed by atoms with E-state index in [-0.39, 0.29) is 4.77 Å². The highest BCUT2D eigenvalue weighted by atomic mass is 32.2. The van der Waals surface area contributed by atoms with Gasteiger partial charge in [-0.2, -0.15) is 0 Å². The molecule has 0 bridgehead atoms. The molecule has 0 N–H and O–H groups in total. The minimum atomic E-state index is 0.207. The minimum Gasteiger partial charge on any atom is -0.360 e. The van der Waals surface area contributed by atoms with E-state index in [9.17, 15) is 0 Å². The van der Waals surface area contributed by atoms with Gasteiger partial charge in [-0.25, -0.2) is 0 Å². The van der Waals surface area contributed by atoms with Crippen molar-refractivity contribution in [2.24, 2.45) is 0 Å². The third-order valence-corrected chi connectivity index (χ3v) is 6.36. The summed E-state index contributed by atoms with van der Waals surface area (Å²) >= 11 is 5.40. The van der Waals surface area contributed by atoms with Crippen LogP contribution in [0, 0.1) is 6.92 Å². The second-order valence-corrected chi connectivity index (χ2v) is 6.96. The highest BCUT2D eigenvalue weighted by Gasteiger charge is 2.26. The molecular formula is C12H14OS3. The Hall–Kier alpha value is -0.0300.